The zero-order valence-corrected chi connectivity index (χ0v) is 16.7. The summed E-state index contributed by atoms with van der Waals surface area (Å²) in [6.07, 6.45) is 0.481. The highest BCUT2D eigenvalue weighted by Gasteiger charge is 2.51. The molecule has 7 heteroatoms. The van der Waals surface area contributed by atoms with Gasteiger partial charge >= 0.3 is 6.03 Å². The van der Waals surface area contributed by atoms with Gasteiger partial charge in [-0.05, 0) is 36.7 Å². The highest BCUT2D eigenvalue weighted by atomic mass is 35.5. The van der Waals surface area contributed by atoms with Crippen molar-refractivity contribution in [2.75, 3.05) is 13.7 Å². The zero-order valence-electron chi connectivity index (χ0n) is 15.2. The number of carbonyl (C=O) groups is 2. The molecule has 27 heavy (non-hydrogen) atoms. The van der Waals surface area contributed by atoms with E-state index in [4.69, 9.17) is 23.2 Å². The fraction of sp³-hybridized carbons (Fsp3) is 0.300. The van der Waals surface area contributed by atoms with E-state index in [0.29, 0.717) is 23.0 Å². The molecule has 1 N–H and O–H groups in total. The monoisotopic (exact) mass is 405 g/mol. The van der Waals surface area contributed by atoms with Gasteiger partial charge in [0.1, 0.15) is 5.54 Å². The number of imide groups is 1. The molecule has 0 saturated carbocycles. The first-order valence-electron chi connectivity index (χ1n) is 8.69. The highest BCUT2D eigenvalue weighted by molar-refractivity contribution is 6.42. The van der Waals surface area contributed by atoms with E-state index in [-0.39, 0.29) is 18.6 Å². The summed E-state index contributed by atoms with van der Waals surface area (Å²) in [5, 5.41) is 3.86. The molecule has 1 heterocycles. The third-order valence-corrected chi connectivity index (χ3v) is 5.53. The minimum atomic E-state index is -1.01. The van der Waals surface area contributed by atoms with Crippen LogP contribution in [0.1, 0.15) is 24.5 Å². The van der Waals surface area contributed by atoms with Gasteiger partial charge in [0, 0.05) is 6.54 Å². The number of rotatable bonds is 6. The summed E-state index contributed by atoms with van der Waals surface area (Å²) in [7, 11) is 1.84. The molecule has 0 aliphatic carbocycles. The average Bonchev–Trinajstić information content (AvgIpc) is 2.90. The summed E-state index contributed by atoms with van der Waals surface area (Å²) in [4.78, 5) is 28.8. The van der Waals surface area contributed by atoms with E-state index in [2.05, 4.69) is 5.32 Å². The molecule has 3 rings (SSSR count). The molecular weight excluding hydrogens is 385 g/mol. The van der Waals surface area contributed by atoms with Gasteiger partial charge in [-0.1, -0.05) is 66.5 Å². The minimum Gasteiger partial charge on any atom is -0.319 e. The molecule has 0 radical (unpaired) electrons. The topological polar surface area (TPSA) is 52.7 Å². The van der Waals surface area contributed by atoms with Crippen molar-refractivity contribution in [3.63, 3.8) is 0 Å². The minimum absolute atomic E-state index is 0.180. The van der Waals surface area contributed by atoms with Crippen LogP contribution in [0.5, 0.6) is 0 Å². The second-order valence-electron chi connectivity index (χ2n) is 6.69. The first kappa shape index (κ1) is 19.7. The van der Waals surface area contributed by atoms with E-state index in [1.807, 2.05) is 55.3 Å². The average molecular weight is 406 g/mol. The normalized spacial score (nSPS) is 19.7. The Morgan fingerprint density at radius 3 is 2.41 bits per heavy atom. The van der Waals surface area contributed by atoms with Gasteiger partial charge < -0.3 is 5.32 Å². The summed E-state index contributed by atoms with van der Waals surface area (Å²) in [5.41, 5.74) is 0.729. The number of nitrogens with one attached hydrogen (secondary N) is 1. The lowest BCUT2D eigenvalue weighted by Gasteiger charge is -2.27. The third-order valence-electron chi connectivity index (χ3n) is 4.79. The fourth-order valence-corrected chi connectivity index (χ4v) is 3.68. The summed E-state index contributed by atoms with van der Waals surface area (Å²) in [6, 6.07) is 14.4. The van der Waals surface area contributed by atoms with Crippen LogP contribution in [0.4, 0.5) is 4.79 Å². The number of benzene rings is 2. The van der Waals surface area contributed by atoms with Gasteiger partial charge in [0.15, 0.2) is 0 Å². The van der Waals surface area contributed by atoms with Crippen molar-refractivity contribution in [2.45, 2.75) is 25.4 Å². The second kappa shape index (κ2) is 7.89. The first-order valence-corrected chi connectivity index (χ1v) is 9.45. The molecule has 142 valence electrons. The van der Waals surface area contributed by atoms with Crippen LogP contribution in [0.15, 0.2) is 48.5 Å². The molecule has 1 saturated heterocycles. The molecule has 1 fully saturated rings. The third kappa shape index (κ3) is 3.81. The molecule has 0 unspecified atom stereocenters. The van der Waals surface area contributed by atoms with Crippen LogP contribution < -0.4 is 5.32 Å². The Kier molecular flexibility index (Phi) is 5.75. The lowest BCUT2D eigenvalue weighted by molar-refractivity contribution is -0.133. The Hall–Kier alpha value is -2.08. The van der Waals surface area contributed by atoms with Crippen molar-refractivity contribution in [3.8, 4) is 0 Å². The molecule has 1 atom stereocenters. The van der Waals surface area contributed by atoms with Gasteiger partial charge in [0.05, 0.1) is 16.7 Å². The van der Waals surface area contributed by atoms with Crippen molar-refractivity contribution in [2.24, 2.45) is 0 Å². The smallest absolute Gasteiger partial charge is 0.319 e. The Morgan fingerprint density at radius 1 is 1.07 bits per heavy atom. The van der Waals surface area contributed by atoms with E-state index in [0.717, 1.165) is 11.1 Å². The maximum Gasteiger partial charge on any atom is 0.326 e. The van der Waals surface area contributed by atoms with Crippen molar-refractivity contribution in [1.82, 2.24) is 15.1 Å². The van der Waals surface area contributed by atoms with Crippen LogP contribution in [-0.4, -0.2) is 35.5 Å². The first-order chi connectivity index (χ1) is 12.9. The van der Waals surface area contributed by atoms with Crippen LogP contribution in [-0.2, 0) is 16.9 Å². The van der Waals surface area contributed by atoms with Crippen LogP contribution in [0.2, 0.25) is 10.0 Å². The van der Waals surface area contributed by atoms with E-state index < -0.39 is 5.54 Å². The van der Waals surface area contributed by atoms with Gasteiger partial charge in [-0.2, -0.15) is 0 Å². The van der Waals surface area contributed by atoms with Crippen molar-refractivity contribution in [3.05, 3.63) is 69.7 Å². The van der Waals surface area contributed by atoms with E-state index in [1.165, 1.54) is 4.90 Å². The summed E-state index contributed by atoms with van der Waals surface area (Å²) in [5.74, 6) is -0.234. The Bertz CT molecular complexity index is 860. The predicted molar refractivity (Wildman–Crippen MR) is 107 cm³/mol. The number of hydrogen-bond acceptors (Lipinski definition) is 3. The van der Waals surface area contributed by atoms with Gasteiger partial charge in [0.25, 0.3) is 5.91 Å². The molecule has 0 spiro atoms. The lowest BCUT2D eigenvalue weighted by atomic mass is 9.87. The van der Waals surface area contributed by atoms with Crippen molar-refractivity contribution >= 4 is 35.1 Å². The molecule has 1 aliphatic rings. The quantitative estimate of drug-likeness (QED) is 0.731. The molecule has 3 amide bonds. The zero-order chi connectivity index (χ0) is 19.6. The molecule has 2 aromatic rings. The lowest BCUT2D eigenvalue weighted by Crippen LogP contribution is -2.44. The molecular formula is C20H21Cl2N3O2. The van der Waals surface area contributed by atoms with Crippen LogP contribution in [0.3, 0.4) is 0 Å². The summed E-state index contributed by atoms with van der Waals surface area (Å²) < 4.78 is 0. The van der Waals surface area contributed by atoms with E-state index in [9.17, 15) is 9.59 Å². The fourth-order valence-electron chi connectivity index (χ4n) is 3.36. The summed E-state index contributed by atoms with van der Waals surface area (Å²) in [6.45, 7) is 2.60. The highest BCUT2D eigenvalue weighted by Crippen LogP contribution is 2.32. The Morgan fingerprint density at radius 2 is 1.78 bits per heavy atom. The van der Waals surface area contributed by atoms with Crippen molar-refractivity contribution in [1.29, 1.82) is 0 Å². The number of nitrogens with zero attached hydrogens (tertiary/aromatic N) is 2. The maximum atomic E-state index is 13.1. The second-order valence-corrected chi connectivity index (χ2v) is 7.51. The molecule has 1 aliphatic heterocycles. The van der Waals surface area contributed by atoms with Crippen LogP contribution in [0.25, 0.3) is 0 Å². The van der Waals surface area contributed by atoms with Crippen molar-refractivity contribution < 1.29 is 9.59 Å². The van der Waals surface area contributed by atoms with E-state index >= 15 is 0 Å². The van der Waals surface area contributed by atoms with Gasteiger partial charge in [-0.3, -0.25) is 9.69 Å². The maximum absolute atomic E-state index is 13.1. The number of amides is 3. The molecule has 2 aromatic carbocycles. The molecule has 0 aromatic heterocycles. The number of urea groups is 1. The predicted octanol–water partition coefficient (Wildman–Crippen LogP) is 4.24. The van der Waals surface area contributed by atoms with E-state index in [1.54, 1.807) is 12.1 Å². The number of halogens is 2. The Balaban J connectivity index is 1.76. The SMILES string of the molecule is CC[C@]1(c2ccccc2)NC(=O)N(CN(C)Cc2ccc(Cl)c(Cl)c2)C1=O. The summed E-state index contributed by atoms with van der Waals surface area (Å²) >= 11 is 12.0. The Labute approximate surface area is 168 Å². The standard InChI is InChI=1S/C20H21Cl2N3O2/c1-3-20(15-7-5-4-6-8-15)18(26)25(19(27)23-20)13-24(2)12-14-9-10-16(21)17(22)11-14/h4-11H,3,12-13H2,1-2H3,(H,23,27)/t20-/m1/s1. The van der Waals surface area contributed by atoms with Gasteiger partial charge in [0.2, 0.25) is 0 Å². The molecule has 0 bridgehead atoms. The van der Waals surface area contributed by atoms with Gasteiger partial charge in [-0.15, -0.1) is 0 Å². The largest absolute Gasteiger partial charge is 0.326 e. The van der Waals surface area contributed by atoms with Crippen LogP contribution >= 0.6 is 23.2 Å². The molecule has 5 nitrogen and oxygen atoms in total. The number of hydrogen-bond donors (Lipinski definition) is 1. The number of carbonyl (C=O) groups excluding carboxylic acids is 2. The van der Waals surface area contributed by atoms with Crippen LogP contribution in [0, 0.1) is 0 Å². The van der Waals surface area contributed by atoms with Gasteiger partial charge in [-0.25, -0.2) is 9.69 Å².